The Balaban J connectivity index is 2.43. The van der Waals surface area contributed by atoms with Crippen molar-refractivity contribution in [3.05, 3.63) is 0 Å². The molecular weight excluding hydrogens is 184 g/mol. The molecule has 11 heavy (non-hydrogen) atoms. The zero-order chi connectivity index (χ0) is 8.32. The Bertz CT molecular complexity index is 155. The molecular formula is C7H13ClO2S. The van der Waals surface area contributed by atoms with Crippen molar-refractivity contribution < 1.29 is 8.95 Å². The summed E-state index contributed by atoms with van der Waals surface area (Å²) in [5.41, 5.74) is 0.144. The Labute approximate surface area is 74.2 Å². The molecule has 0 aromatic heterocycles. The fourth-order valence-corrected chi connectivity index (χ4v) is 2.91. The number of ether oxygens (including phenoxy) is 1. The first kappa shape index (κ1) is 9.49. The van der Waals surface area contributed by atoms with E-state index in [0.29, 0.717) is 5.75 Å². The monoisotopic (exact) mass is 196 g/mol. The van der Waals surface area contributed by atoms with Crippen LogP contribution in [0, 0.1) is 5.41 Å². The Kier molecular flexibility index (Phi) is 3.34. The first-order valence-electron chi connectivity index (χ1n) is 3.75. The summed E-state index contributed by atoms with van der Waals surface area (Å²) < 4.78 is 16.0. The van der Waals surface area contributed by atoms with Crippen molar-refractivity contribution >= 4 is 20.7 Å². The fraction of sp³-hybridized carbons (Fsp3) is 1.00. The largest absolute Gasteiger partial charge is 0.381 e. The number of rotatable bonds is 2. The van der Waals surface area contributed by atoms with Crippen LogP contribution >= 0.6 is 10.7 Å². The highest BCUT2D eigenvalue weighted by atomic mass is 35.7. The Morgan fingerprint density at radius 3 is 2.55 bits per heavy atom. The van der Waals surface area contributed by atoms with E-state index in [-0.39, 0.29) is 5.41 Å². The van der Waals surface area contributed by atoms with E-state index in [4.69, 9.17) is 15.4 Å². The predicted octanol–water partition coefficient (Wildman–Crippen LogP) is 1.71. The maximum absolute atomic E-state index is 10.8. The number of hydrogen-bond acceptors (Lipinski definition) is 2. The second kappa shape index (κ2) is 3.87. The van der Waals surface area contributed by atoms with E-state index in [1.54, 1.807) is 0 Å². The van der Waals surface area contributed by atoms with E-state index >= 15 is 0 Å². The first-order valence-corrected chi connectivity index (χ1v) is 5.89. The van der Waals surface area contributed by atoms with Crippen molar-refractivity contribution in [2.75, 3.05) is 19.0 Å². The molecule has 0 radical (unpaired) electrons. The van der Waals surface area contributed by atoms with Crippen molar-refractivity contribution in [3.63, 3.8) is 0 Å². The summed E-state index contributed by atoms with van der Waals surface area (Å²) in [6.45, 7) is 3.69. The van der Waals surface area contributed by atoms with Crippen molar-refractivity contribution in [2.24, 2.45) is 5.41 Å². The molecule has 0 N–H and O–H groups in total. The predicted molar refractivity (Wildman–Crippen MR) is 47.0 cm³/mol. The number of hydrogen-bond donors (Lipinski definition) is 0. The molecule has 1 aliphatic rings. The Hall–Kier alpha value is 0.400. The van der Waals surface area contributed by atoms with Crippen LogP contribution in [0.5, 0.6) is 0 Å². The summed E-state index contributed by atoms with van der Waals surface area (Å²) in [5.74, 6) is 0.595. The highest BCUT2D eigenvalue weighted by Gasteiger charge is 2.28. The van der Waals surface area contributed by atoms with E-state index in [1.165, 1.54) is 0 Å². The molecule has 1 heterocycles. The molecule has 1 fully saturated rings. The van der Waals surface area contributed by atoms with Crippen LogP contribution in [-0.4, -0.2) is 23.2 Å². The molecule has 0 aromatic carbocycles. The first-order chi connectivity index (χ1) is 5.12. The van der Waals surface area contributed by atoms with E-state index in [9.17, 15) is 4.21 Å². The van der Waals surface area contributed by atoms with E-state index in [2.05, 4.69) is 6.92 Å². The zero-order valence-corrected chi connectivity index (χ0v) is 8.21. The van der Waals surface area contributed by atoms with Gasteiger partial charge in [-0.05, 0) is 28.9 Å². The average molecular weight is 197 g/mol. The normalized spacial score (nSPS) is 26.4. The van der Waals surface area contributed by atoms with E-state index in [0.717, 1.165) is 26.1 Å². The second-order valence-corrected chi connectivity index (χ2v) is 5.26. The molecule has 0 amide bonds. The van der Waals surface area contributed by atoms with Gasteiger partial charge in [0, 0.05) is 19.0 Å². The summed E-state index contributed by atoms with van der Waals surface area (Å²) in [7, 11) is 4.25. The maximum atomic E-state index is 10.8. The van der Waals surface area contributed by atoms with Gasteiger partial charge >= 0.3 is 0 Å². The van der Waals surface area contributed by atoms with Gasteiger partial charge in [-0.1, -0.05) is 6.92 Å². The maximum Gasteiger partial charge on any atom is 0.115 e. The molecule has 0 aromatic rings. The lowest BCUT2D eigenvalue weighted by atomic mass is 9.85. The Morgan fingerprint density at radius 2 is 2.09 bits per heavy atom. The van der Waals surface area contributed by atoms with Crippen LogP contribution in [0.1, 0.15) is 19.8 Å². The molecule has 1 atom stereocenters. The minimum atomic E-state index is -1.19. The van der Waals surface area contributed by atoms with Crippen LogP contribution < -0.4 is 0 Å². The van der Waals surface area contributed by atoms with Gasteiger partial charge in [-0.15, -0.1) is 0 Å². The molecule has 1 rings (SSSR count). The lowest BCUT2D eigenvalue weighted by Gasteiger charge is -2.31. The van der Waals surface area contributed by atoms with Gasteiger partial charge in [0.15, 0.2) is 0 Å². The quantitative estimate of drug-likeness (QED) is 0.629. The smallest absolute Gasteiger partial charge is 0.115 e. The van der Waals surface area contributed by atoms with Gasteiger partial charge in [-0.3, -0.25) is 0 Å². The van der Waals surface area contributed by atoms with Gasteiger partial charge in [0.05, 0.1) is 0 Å². The second-order valence-electron chi connectivity index (χ2n) is 3.36. The fourth-order valence-electron chi connectivity index (χ4n) is 1.28. The van der Waals surface area contributed by atoms with E-state index in [1.807, 2.05) is 0 Å². The van der Waals surface area contributed by atoms with E-state index < -0.39 is 10.0 Å². The molecule has 1 saturated heterocycles. The minimum absolute atomic E-state index is 0.144. The molecule has 2 nitrogen and oxygen atoms in total. The van der Waals surface area contributed by atoms with Crippen molar-refractivity contribution in [1.29, 1.82) is 0 Å². The molecule has 66 valence electrons. The molecule has 0 saturated carbocycles. The van der Waals surface area contributed by atoms with Crippen molar-refractivity contribution in [1.82, 2.24) is 0 Å². The average Bonchev–Trinajstić information content (AvgIpc) is 1.85. The molecule has 0 bridgehead atoms. The van der Waals surface area contributed by atoms with Gasteiger partial charge in [0.2, 0.25) is 0 Å². The minimum Gasteiger partial charge on any atom is -0.381 e. The SMILES string of the molecule is CC1(CS(=O)Cl)CCOCC1. The van der Waals surface area contributed by atoms with Gasteiger partial charge in [-0.25, -0.2) is 4.21 Å². The zero-order valence-electron chi connectivity index (χ0n) is 6.64. The summed E-state index contributed by atoms with van der Waals surface area (Å²) in [6.07, 6.45) is 1.96. The molecule has 1 aliphatic heterocycles. The van der Waals surface area contributed by atoms with Crippen molar-refractivity contribution in [2.45, 2.75) is 19.8 Å². The van der Waals surface area contributed by atoms with Crippen LogP contribution in [0.25, 0.3) is 0 Å². The van der Waals surface area contributed by atoms with Crippen LogP contribution in [0.15, 0.2) is 0 Å². The summed E-state index contributed by atoms with van der Waals surface area (Å²) in [6, 6.07) is 0. The summed E-state index contributed by atoms with van der Waals surface area (Å²) in [5, 5.41) is 0. The van der Waals surface area contributed by atoms with Gasteiger partial charge in [-0.2, -0.15) is 0 Å². The molecule has 0 aliphatic carbocycles. The van der Waals surface area contributed by atoms with Crippen LogP contribution in [0.3, 0.4) is 0 Å². The summed E-state index contributed by atoms with van der Waals surface area (Å²) >= 11 is 0. The lowest BCUT2D eigenvalue weighted by molar-refractivity contribution is 0.0346. The lowest BCUT2D eigenvalue weighted by Crippen LogP contribution is -2.30. The third kappa shape index (κ3) is 3.09. The topological polar surface area (TPSA) is 26.3 Å². The highest BCUT2D eigenvalue weighted by molar-refractivity contribution is 8.08. The molecule has 0 spiro atoms. The van der Waals surface area contributed by atoms with Crippen LogP contribution in [-0.2, 0) is 14.7 Å². The highest BCUT2D eigenvalue weighted by Crippen LogP contribution is 2.30. The van der Waals surface area contributed by atoms with Crippen molar-refractivity contribution in [3.8, 4) is 0 Å². The Morgan fingerprint density at radius 1 is 1.55 bits per heavy atom. The molecule has 4 heteroatoms. The third-order valence-electron chi connectivity index (χ3n) is 2.16. The summed E-state index contributed by atoms with van der Waals surface area (Å²) in [4.78, 5) is 0. The number of halogens is 1. The van der Waals surface area contributed by atoms with Gasteiger partial charge in [0.25, 0.3) is 0 Å². The van der Waals surface area contributed by atoms with Gasteiger partial charge in [0.1, 0.15) is 10.0 Å². The molecule has 1 unspecified atom stereocenters. The van der Waals surface area contributed by atoms with Gasteiger partial charge < -0.3 is 4.74 Å². The third-order valence-corrected chi connectivity index (χ3v) is 3.41. The van der Waals surface area contributed by atoms with Crippen LogP contribution in [0.4, 0.5) is 0 Å². The van der Waals surface area contributed by atoms with Crippen LogP contribution in [0.2, 0.25) is 0 Å². The standard InChI is InChI=1S/C7H13ClO2S/c1-7(6-11(8)9)2-4-10-5-3-7/h2-6H2,1H3.